The number of carbonyl (C=O) groups is 1. The molecule has 38 heavy (non-hydrogen) atoms. The third-order valence-corrected chi connectivity index (χ3v) is 6.46. The number of hydrogen-bond donors (Lipinski definition) is 2. The molecule has 1 aliphatic heterocycles. The van der Waals surface area contributed by atoms with Crippen LogP contribution in [0.2, 0.25) is 0 Å². The number of nitro groups is 1. The van der Waals surface area contributed by atoms with Crippen LogP contribution in [0.25, 0.3) is 11.3 Å². The zero-order chi connectivity index (χ0) is 26.8. The monoisotopic (exact) mass is 529 g/mol. The number of ether oxygens (including phenoxy) is 1. The molecule has 0 radical (unpaired) electrons. The van der Waals surface area contributed by atoms with E-state index in [-0.39, 0.29) is 17.6 Å². The Morgan fingerprint density at radius 1 is 1.16 bits per heavy atom. The minimum absolute atomic E-state index is 0.0770. The Hall–Kier alpha value is -4.77. The average molecular weight is 530 g/mol. The Morgan fingerprint density at radius 3 is 2.61 bits per heavy atom. The second-order valence-corrected chi connectivity index (χ2v) is 8.96. The number of anilines is 2. The normalized spacial score (nSPS) is 16.7. The maximum atomic E-state index is 11.4. The van der Waals surface area contributed by atoms with Gasteiger partial charge in [0.1, 0.15) is 23.3 Å². The lowest BCUT2D eigenvalue weighted by Crippen LogP contribution is -2.29. The molecule has 1 amide bonds. The third-order valence-electron chi connectivity index (χ3n) is 6.14. The fourth-order valence-electron chi connectivity index (χ4n) is 4.48. The summed E-state index contributed by atoms with van der Waals surface area (Å²) in [7, 11) is 1.45. The summed E-state index contributed by atoms with van der Waals surface area (Å²) >= 11 is 5.75. The van der Waals surface area contributed by atoms with Gasteiger partial charge in [-0.25, -0.2) is 0 Å². The minimum Gasteiger partial charge on any atom is -0.496 e. The number of aromatic nitrogens is 1. The van der Waals surface area contributed by atoms with E-state index in [2.05, 4.69) is 15.6 Å². The predicted octanol–water partition coefficient (Wildman–Crippen LogP) is 5.39. The summed E-state index contributed by atoms with van der Waals surface area (Å²) in [5.74, 6) is 1.26. The van der Waals surface area contributed by atoms with Crippen molar-refractivity contribution in [1.29, 1.82) is 0 Å². The summed E-state index contributed by atoms with van der Waals surface area (Å²) in [6.07, 6.45) is 1.72. The van der Waals surface area contributed by atoms with Crippen LogP contribution >= 0.6 is 12.2 Å². The van der Waals surface area contributed by atoms with Crippen molar-refractivity contribution < 1.29 is 18.9 Å². The number of carbonyl (C=O) groups excluding carboxylic acids is 1. The number of nitrogens with one attached hydrogen (secondary N) is 2. The van der Waals surface area contributed by atoms with Gasteiger partial charge in [-0.2, -0.15) is 0 Å². The number of benzene rings is 2. The molecule has 1 aliphatic rings. The van der Waals surface area contributed by atoms with Crippen molar-refractivity contribution in [1.82, 2.24) is 10.3 Å². The van der Waals surface area contributed by atoms with Gasteiger partial charge in [-0.15, -0.1) is 0 Å². The summed E-state index contributed by atoms with van der Waals surface area (Å²) in [4.78, 5) is 28.7. The smallest absolute Gasteiger partial charge is 0.273 e. The fourth-order valence-corrected chi connectivity index (χ4v) is 4.83. The number of hydrogen-bond acceptors (Lipinski definition) is 7. The van der Waals surface area contributed by atoms with Crippen LogP contribution in [0.3, 0.4) is 0 Å². The Kier molecular flexibility index (Phi) is 6.75. The molecule has 1 fully saturated rings. The largest absolute Gasteiger partial charge is 0.496 e. The summed E-state index contributed by atoms with van der Waals surface area (Å²) < 4.78 is 11.8. The predicted molar refractivity (Wildman–Crippen MR) is 146 cm³/mol. The van der Waals surface area contributed by atoms with Crippen molar-refractivity contribution in [2.24, 2.45) is 0 Å². The molecule has 0 saturated carbocycles. The molecule has 0 spiro atoms. The zero-order valence-electron chi connectivity index (χ0n) is 20.5. The van der Waals surface area contributed by atoms with Crippen molar-refractivity contribution >= 4 is 40.3 Å². The molecule has 192 valence electrons. The van der Waals surface area contributed by atoms with E-state index in [0.29, 0.717) is 33.6 Å². The Labute approximate surface area is 223 Å². The summed E-state index contributed by atoms with van der Waals surface area (Å²) in [6.45, 7) is 1.45. The van der Waals surface area contributed by atoms with Crippen LogP contribution in [0.4, 0.5) is 17.1 Å². The van der Waals surface area contributed by atoms with Gasteiger partial charge in [-0.05, 0) is 66.8 Å². The SMILES string of the molecule is COc1cc([N+](=O)[O-])ccc1-c1ccc([C@H]2[C@H](c3ccccn3)NC(=S)N2c2ccc(NC(C)=O)cc2)o1. The highest BCUT2D eigenvalue weighted by molar-refractivity contribution is 7.80. The van der Waals surface area contributed by atoms with Crippen LogP contribution in [0.1, 0.15) is 30.5 Å². The second kappa shape index (κ2) is 10.3. The zero-order valence-corrected chi connectivity index (χ0v) is 21.3. The van der Waals surface area contributed by atoms with E-state index < -0.39 is 11.0 Å². The lowest BCUT2D eigenvalue weighted by atomic mass is 10.0. The maximum absolute atomic E-state index is 11.4. The first-order chi connectivity index (χ1) is 18.4. The van der Waals surface area contributed by atoms with E-state index >= 15 is 0 Å². The van der Waals surface area contributed by atoms with Gasteiger partial charge in [0.15, 0.2) is 5.11 Å². The lowest BCUT2D eigenvalue weighted by molar-refractivity contribution is -0.384. The molecule has 2 atom stereocenters. The number of pyridine rings is 1. The molecule has 5 rings (SSSR count). The number of nitro benzene ring substituents is 1. The first-order valence-corrected chi connectivity index (χ1v) is 12.1. The van der Waals surface area contributed by atoms with E-state index in [9.17, 15) is 14.9 Å². The van der Waals surface area contributed by atoms with Gasteiger partial charge in [0, 0.05) is 30.6 Å². The number of amides is 1. The van der Waals surface area contributed by atoms with Crippen LogP contribution in [0, 0.1) is 10.1 Å². The summed E-state index contributed by atoms with van der Waals surface area (Å²) in [6, 6.07) is 20.3. The number of thiocarbonyl (C=S) groups is 1. The van der Waals surface area contributed by atoms with Crippen molar-refractivity contribution in [3.05, 3.63) is 101 Å². The topological polar surface area (TPSA) is 123 Å². The van der Waals surface area contributed by atoms with Gasteiger partial charge in [-0.3, -0.25) is 19.9 Å². The average Bonchev–Trinajstić information content (AvgIpc) is 3.53. The Balaban J connectivity index is 1.56. The number of furan rings is 1. The number of methoxy groups -OCH3 is 1. The quantitative estimate of drug-likeness (QED) is 0.184. The van der Waals surface area contributed by atoms with Crippen LogP contribution in [0.5, 0.6) is 5.75 Å². The van der Waals surface area contributed by atoms with Crippen LogP contribution in [0.15, 0.2) is 83.4 Å². The number of nitrogens with zero attached hydrogens (tertiary/aromatic N) is 3. The van der Waals surface area contributed by atoms with Crippen molar-refractivity contribution in [3.63, 3.8) is 0 Å². The molecule has 0 aliphatic carbocycles. The van der Waals surface area contributed by atoms with Crippen molar-refractivity contribution in [3.8, 4) is 17.1 Å². The van der Waals surface area contributed by atoms with Gasteiger partial charge >= 0.3 is 0 Å². The number of non-ortho nitro benzene ring substituents is 1. The molecule has 2 aromatic carbocycles. The van der Waals surface area contributed by atoms with Gasteiger partial charge in [0.05, 0.1) is 35.4 Å². The molecule has 11 heteroatoms. The van der Waals surface area contributed by atoms with Crippen LogP contribution < -0.4 is 20.3 Å². The highest BCUT2D eigenvalue weighted by Gasteiger charge is 2.42. The van der Waals surface area contributed by atoms with E-state index in [0.717, 1.165) is 11.4 Å². The minimum atomic E-state index is -0.475. The summed E-state index contributed by atoms with van der Waals surface area (Å²) in [5, 5.41) is 17.8. The van der Waals surface area contributed by atoms with Gasteiger partial charge in [0.2, 0.25) is 5.91 Å². The first-order valence-electron chi connectivity index (χ1n) is 11.7. The van der Waals surface area contributed by atoms with E-state index in [4.69, 9.17) is 21.4 Å². The van der Waals surface area contributed by atoms with Gasteiger partial charge in [0.25, 0.3) is 5.69 Å². The van der Waals surface area contributed by atoms with Gasteiger partial charge < -0.3 is 24.7 Å². The molecule has 0 unspecified atom stereocenters. The molecular formula is C27H23N5O5S. The summed E-state index contributed by atoms with van der Waals surface area (Å²) in [5.41, 5.74) is 2.75. The fraction of sp³-hybridized carbons (Fsp3) is 0.148. The number of rotatable bonds is 7. The third kappa shape index (κ3) is 4.78. The van der Waals surface area contributed by atoms with Crippen molar-refractivity contribution in [2.75, 3.05) is 17.3 Å². The highest BCUT2D eigenvalue weighted by atomic mass is 32.1. The van der Waals surface area contributed by atoms with E-state index in [1.165, 1.54) is 26.2 Å². The highest BCUT2D eigenvalue weighted by Crippen LogP contribution is 2.44. The second-order valence-electron chi connectivity index (χ2n) is 8.57. The van der Waals surface area contributed by atoms with Gasteiger partial charge in [-0.1, -0.05) is 6.07 Å². The molecule has 2 aromatic heterocycles. The Bertz CT molecular complexity index is 1510. The first kappa shape index (κ1) is 24.9. The molecular weight excluding hydrogens is 506 g/mol. The molecule has 0 bridgehead atoms. The standard InChI is InChI=1S/C27H23N5O5S/c1-16(33)29-17-6-8-18(9-7-17)31-26(25(30-27(31)38)21-5-3-4-14-28-21)23-13-12-22(37-23)20-11-10-19(32(34)35)15-24(20)36-2/h3-15,25-26H,1-2H3,(H,29,33)(H,30,38)/t25-,26-/m0/s1. The van der Waals surface area contributed by atoms with E-state index in [1.54, 1.807) is 30.5 Å². The van der Waals surface area contributed by atoms with Crippen molar-refractivity contribution in [2.45, 2.75) is 19.0 Å². The lowest BCUT2D eigenvalue weighted by Gasteiger charge is -2.26. The molecule has 1 saturated heterocycles. The molecule has 4 aromatic rings. The van der Waals surface area contributed by atoms with Crippen LogP contribution in [-0.2, 0) is 4.79 Å². The van der Waals surface area contributed by atoms with Crippen LogP contribution in [-0.4, -0.2) is 28.0 Å². The molecule has 2 N–H and O–H groups in total. The maximum Gasteiger partial charge on any atom is 0.273 e. The van der Waals surface area contributed by atoms with E-state index in [1.807, 2.05) is 41.3 Å². The Morgan fingerprint density at radius 2 is 1.95 bits per heavy atom. The molecule has 10 nitrogen and oxygen atoms in total. The molecule has 3 heterocycles.